The van der Waals surface area contributed by atoms with E-state index >= 15 is 0 Å². The number of carbonyl (C=O) groups excluding carboxylic acids is 1. The number of ether oxygens (including phenoxy) is 2. The van der Waals surface area contributed by atoms with Crippen molar-refractivity contribution in [3.05, 3.63) is 48.0 Å². The van der Waals surface area contributed by atoms with Crippen LogP contribution in [0.1, 0.15) is 45.1 Å². The molecule has 0 saturated carbocycles. The number of nitrogens with zero attached hydrogens (tertiary/aromatic N) is 3. The lowest BCUT2D eigenvalue weighted by atomic mass is 10.0. The van der Waals surface area contributed by atoms with Gasteiger partial charge in [-0.3, -0.25) is 4.79 Å². The number of imidazole rings is 1. The van der Waals surface area contributed by atoms with Gasteiger partial charge in [0.1, 0.15) is 5.75 Å². The fraction of sp³-hybridized carbons (Fsp3) is 0.481. The van der Waals surface area contributed by atoms with E-state index in [1.54, 1.807) is 22.5 Å². The number of hydrogen-bond acceptors (Lipinski definition) is 7. The second-order valence-corrected chi connectivity index (χ2v) is 12.8. The van der Waals surface area contributed by atoms with Crippen LogP contribution < -0.4 is 4.74 Å². The summed E-state index contributed by atoms with van der Waals surface area (Å²) < 4.78 is 41.8. The largest absolute Gasteiger partial charge is 0.426 e. The highest BCUT2D eigenvalue weighted by Gasteiger charge is 2.29. The summed E-state index contributed by atoms with van der Waals surface area (Å²) in [5.74, 6) is 1.08. The predicted octanol–water partition coefficient (Wildman–Crippen LogP) is 4.85. The third-order valence-corrected chi connectivity index (χ3v) is 9.82. The van der Waals surface area contributed by atoms with Gasteiger partial charge in [-0.25, -0.2) is 13.4 Å². The van der Waals surface area contributed by atoms with Gasteiger partial charge in [0.15, 0.2) is 5.16 Å². The smallest absolute Gasteiger partial charge is 0.308 e. The third-order valence-electron chi connectivity index (χ3n) is 6.94. The number of piperidine rings is 1. The molecule has 0 unspecified atom stereocenters. The van der Waals surface area contributed by atoms with Crippen LogP contribution in [0.5, 0.6) is 5.75 Å². The van der Waals surface area contributed by atoms with Crippen LogP contribution >= 0.6 is 11.8 Å². The number of hydrogen-bond donors (Lipinski definition) is 0. The van der Waals surface area contributed by atoms with Crippen molar-refractivity contribution in [2.24, 2.45) is 5.92 Å². The van der Waals surface area contributed by atoms with Crippen molar-refractivity contribution >= 4 is 38.8 Å². The van der Waals surface area contributed by atoms with Gasteiger partial charge in [0, 0.05) is 37.9 Å². The molecule has 10 heteroatoms. The first-order valence-electron chi connectivity index (χ1n) is 12.8. The van der Waals surface area contributed by atoms with Crippen LogP contribution in [0.4, 0.5) is 0 Å². The Labute approximate surface area is 222 Å². The van der Waals surface area contributed by atoms with E-state index < -0.39 is 10.0 Å². The second kappa shape index (κ2) is 11.1. The molecule has 3 heterocycles. The molecule has 0 N–H and O–H groups in total. The van der Waals surface area contributed by atoms with E-state index in [1.165, 1.54) is 18.7 Å². The molecule has 0 aliphatic carbocycles. The van der Waals surface area contributed by atoms with Crippen LogP contribution in [0.25, 0.3) is 11.0 Å². The number of esters is 1. The molecule has 2 aromatic carbocycles. The number of thioether (sulfide) groups is 1. The maximum Gasteiger partial charge on any atom is 0.308 e. The Morgan fingerprint density at radius 1 is 1.19 bits per heavy atom. The molecule has 3 aromatic rings. The van der Waals surface area contributed by atoms with Gasteiger partial charge in [0.25, 0.3) is 0 Å². The normalized spacial score (nSPS) is 20.9. The van der Waals surface area contributed by atoms with E-state index in [9.17, 15) is 13.2 Å². The van der Waals surface area contributed by atoms with E-state index in [1.807, 2.05) is 24.3 Å². The lowest BCUT2D eigenvalue weighted by Crippen LogP contribution is -2.39. The van der Waals surface area contributed by atoms with Gasteiger partial charge in [-0.1, -0.05) is 36.9 Å². The van der Waals surface area contributed by atoms with Gasteiger partial charge in [-0.05, 0) is 55.9 Å². The number of para-hydroxylation sites is 1. The van der Waals surface area contributed by atoms with Gasteiger partial charge in [-0.2, -0.15) is 4.31 Å². The Hall–Kier alpha value is -2.40. The van der Waals surface area contributed by atoms with E-state index in [-0.39, 0.29) is 17.0 Å². The molecule has 37 heavy (non-hydrogen) atoms. The minimum Gasteiger partial charge on any atom is -0.426 e. The first-order valence-corrected chi connectivity index (χ1v) is 15.2. The van der Waals surface area contributed by atoms with Crippen molar-refractivity contribution in [3.63, 3.8) is 0 Å². The number of sulfonamides is 1. The predicted molar refractivity (Wildman–Crippen MR) is 143 cm³/mol. The zero-order valence-electron chi connectivity index (χ0n) is 21.3. The van der Waals surface area contributed by atoms with Crippen molar-refractivity contribution in [1.29, 1.82) is 0 Å². The molecule has 2 aliphatic rings. The minimum absolute atomic E-state index is 0.100. The van der Waals surface area contributed by atoms with E-state index in [4.69, 9.17) is 14.5 Å². The Morgan fingerprint density at radius 3 is 2.78 bits per heavy atom. The van der Waals surface area contributed by atoms with Crippen molar-refractivity contribution in [1.82, 2.24) is 13.9 Å². The first kappa shape index (κ1) is 26.2. The first-order chi connectivity index (χ1) is 17.8. The van der Waals surface area contributed by atoms with Crippen molar-refractivity contribution in [3.8, 4) is 5.75 Å². The fourth-order valence-corrected chi connectivity index (χ4v) is 7.69. The summed E-state index contributed by atoms with van der Waals surface area (Å²) in [6, 6.07) is 12.7. The SMILES string of the molecule is CC(=O)Oc1ccccc1CSc1nc2cc(S(=O)(=O)N3CCC[C@H](C)C3)ccc2n1C[C@H]1CCCO1. The van der Waals surface area contributed by atoms with Crippen LogP contribution in [0, 0.1) is 5.92 Å². The monoisotopic (exact) mass is 543 g/mol. The summed E-state index contributed by atoms with van der Waals surface area (Å²) >= 11 is 1.54. The summed E-state index contributed by atoms with van der Waals surface area (Å²) in [6.45, 7) is 6.01. The number of rotatable bonds is 8. The lowest BCUT2D eigenvalue weighted by Gasteiger charge is -2.30. The summed E-state index contributed by atoms with van der Waals surface area (Å²) in [5, 5.41) is 0.782. The van der Waals surface area contributed by atoms with Crippen molar-refractivity contribution in [2.45, 2.75) is 68.0 Å². The number of carbonyl (C=O) groups is 1. The van der Waals surface area contributed by atoms with Gasteiger partial charge in [0.05, 0.1) is 28.6 Å². The Kier molecular flexibility index (Phi) is 7.90. The van der Waals surface area contributed by atoms with Gasteiger partial charge < -0.3 is 14.0 Å². The molecule has 2 fully saturated rings. The quantitative estimate of drug-likeness (QED) is 0.228. The topological polar surface area (TPSA) is 90.7 Å². The molecule has 2 aliphatic heterocycles. The number of benzene rings is 2. The Bertz CT molecular complexity index is 1380. The van der Waals surface area contributed by atoms with Crippen LogP contribution in [-0.2, 0) is 31.9 Å². The fourth-order valence-electron chi connectivity index (χ4n) is 5.06. The summed E-state index contributed by atoms with van der Waals surface area (Å²) in [5.41, 5.74) is 2.43. The van der Waals surface area contributed by atoms with E-state index in [2.05, 4.69) is 11.5 Å². The molecule has 198 valence electrons. The van der Waals surface area contributed by atoms with Crippen molar-refractivity contribution in [2.75, 3.05) is 19.7 Å². The maximum atomic E-state index is 13.4. The summed E-state index contributed by atoms with van der Waals surface area (Å²) in [4.78, 5) is 16.7. The Morgan fingerprint density at radius 2 is 2.03 bits per heavy atom. The molecule has 5 rings (SSSR count). The molecule has 1 aromatic heterocycles. The lowest BCUT2D eigenvalue weighted by molar-refractivity contribution is -0.131. The number of aromatic nitrogens is 2. The highest BCUT2D eigenvalue weighted by molar-refractivity contribution is 7.98. The van der Waals surface area contributed by atoms with E-state index in [0.29, 0.717) is 42.6 Å². The molecule has 0 spiro atoms. The van der Waals surface area contributed by atoms with E-state index in [0.717, 1.165) is 48.5 Å². The van der Waals surface area contributed by atoms with Crippen LogP contribution in [0.3, 0.4) is 0 Å². The zero-order chi connectivity index (χ0) is 26.0. The van der Waals surface area contributed by atoms with Crippen LogP contribution in [0.2, 0.25) is 0 Å². The molecule has 2 saturated heterocycles. The van der Waals surface area contributed by atoms with Crippen molar-refractivity contribution < 1.29 is 22.7 Å². The molecule has 2 atom stereocenters. The molecule has 0 radical (unpaired) electrons. The average molecular weight is 544 g/mol. The zero-order valence-corrected chi connectivity index (χ0v) is 22.9. The van der Waals surface area contributed by atoms with Gasteiger partial charge >= 0.3 is 5.97 Å². The standard InChI is InChI=1S/C27H33N3O5S2/c1-19-7-5-13-29(16-19)37(32,33)23-11-12-25-24(15-23)28-27(30(25)17-22-9-6-14-34-22)36-18-21-8-3-4-10-26(21)35-20(2)31/h3-4,8,10-12,15,19,22H,5-7,9,13-14,16-18H2,1-2H3/t19-,22+/m0/s1. The van der Waals surface area contributed by atoms with Crippen LogP contribution in [0.15, 0.2) is 52.5 Å². The molecular formula is C27H33N3O5S2. The minimum atomic E-state index is -3.58. The molecule has 8 nitrogen and oxygen atoms in total. The van der Waals surface area contributed by atoms with Gasteiger partial charge in [-0.15, -0.1) is 0 Å². The average Bonchev–Trinajstić information content (AvgIpc) is 3.51. The second-order valence-electron chi connectivity index (χ2n) is 9.89. The third kappa shape index (κ3) is 5.87. The molecular weight excluding hydrogens is 510 g/mol. The Balaban J connectivity index is 1.46. The summed E-state index contributed by atoms with van der Waals surface area (Å²) in [6.07, 6.45) is 4.06. The molecule has 0 bridgehead atoms. The maximum absolute atomic E-state index is 13.4. The molecule has 0 amide bonds. The highest BCUT2D eigenvalue weighted by atomic mass is 32.2. The number of fused-ring (bicyclic) bond motifs is 1. The summed E-state index contributed by atoms with van der Waals surface area (Å²) in [7, 11) is -3.58. The van der Waals surface area contributed by atoms with Gasteiger partial charge in [0.2, 0.25) is 10.0 Å². The van der Waals surface area contributed by atoms with Crippen LogP contribution in [-0.4, -0.2) is 54.0 Å². The highest BCUT2D eigenvalue weighted by Crippen LogP contribution is 2.33.